The zero-order valence-corrected chi connectivity index (χ0v) is 10.8. The molecule has 4 aromatic rings. The Morgan fingerprint density at radius 3 is 2.63 bits per heavy atom. The van der Waals surface area contributed by atoms with E-state index in [0.717, 1.165) is 22.3 Å². The van der Waals surface area contributed by atoms with Gasteiger partial charge in [0.1, 0.15) is 0 Å². The summed E-state index contributed by atoms with van der Waals surface area (Å²) in [5, 5.41) is 4.28. The normalized spacial score (nSPS) is 11.4. The van der Waals surface area contributed by atoms with Gasteiger partial charge in [0.2, 0.25) is 0 Å². The molecule has 0 spiro atoms. The fraction of sp³-hybridized carbons (Fsp3) is 0. The maximum absolute atomic E-state index is 11.2. The number of hydrogen-bond acceptors (Lipinski definition) is 2. The summed E-state index contributed by atoms with van der Waals surface area (Å²) in [5.41, 5.74) is 4.12. The van der Waals surface area contributed by atoms with E-state index in [-0.39, 0.29) is 7.73 Å². The average molecular weight is 270 g/mol. The number of para-hydroxylation sites is 1. The first-order chi connectivity index (χ1) is 9.31. The van der Waals surface area contributed by atoms with Gasteiger partial charge in [-0.15, -0.1) is 0 Å². The van der Waals surface area contributed by atoms with Gasteiger partial charge in [0.15, 0.2) is 0 Å². The van der Waals surface area contributed by atoms with Crippen molar-refractivity contribution >= 4 is 33.1 Å². The zero-order valence-electron chi connectivity index (χ0n) is 9.94. The number of thiazole rings is 1. The van der Waals surface area contributed by atoms with Crippen LogP contribution >= 0.6 is 11.3 Å². The topological polar surface area (TPSA) is 48.6 Å². The predicted octanol–water partition coefficient (Wildman–Crippen LogP) is 4.23. The van der Waals surface area contributed by atoms with E-state index in [9.17, 15) is 4.79 Å². The van der Waals surface area contributed by atoms with Gasteiger partial charge in [0.05, 0.1) is 5.69 Å². The smallest absolute Gasteiger partial charge is 0.304 e. The third-order valence-corrected chi connectivity index (χ3v) is 4.01. The molecule has 3 nitrogen and oxygen atoms in total. The Balaban J connectivity index is 0.000000807. The van der Waals surface area contributed by atoms with Crippen molar-refractivity contribution in [3.8, 4) is 11.3 Å². The van der Waals surface area contributed by atoms with Crippen LogP contribution in [0, 0.1) is 0 Å². The van der Waals surface area contributed by atoms with Gasteiger partial charge in [-0.2, -0.15) is 0 Å². The van der Waals surface area contributed by atoms with Gasteiger partial charge in [-0.3, -0.25) is 4.79 Å². The minimum atomic E-state index is -0.0215. The lowest BCUT2D eigenvalue weighted by molar-refractivity contribution is 1.34. The molecule has 0 fully saturated rings. The van der Waals surface area contributed by atoms with Gasteiger partial charge >= 0.3 is 4.87 Å². The van der Waals surface area contributed by atoms with Crippen molar-refractivity contribution < 1.29 is 2.85 Å². The Labute approximate surface area is 115 Å². The molecule has 0 unspecified atom stereocenters. The van der Waals surface area contributed by atoms with Gasteiger partial charge in [-0.25, -0.2) is 0 Å². The summed E-state index contributed by atoms with van der Waals surface area (Å²) in [5.74, 6) is 0. The number of benzene rings is 2. The van der Waals surface area contributed by atoms with E-state index < -0.39 is 0 Å². The molecule has 0 saturated carbocycles. The fourth-order valence-corrected chi connectivity index (χ4v) is 3.03. The molecule has 0 aliphatic heterocycles. The van der Waals surface area contributed by atoms with Crippen LogP contribution in [0.5, 0.6) is 0 Å². The van der Waals surface area contributed by atoms with Crippen molar-refractivity contribution in [1.29, 1.82) is 0 Å². The molecular weight excluding hydrogens is 256 g/mol. The number of aromatic nitrogens is 2. The lowest BCUT2D eigenvalue weighted by Gasteiger charge is -1.97. The second kappa shape index (κ2) is 3.83. The number of aromatic amines is 2. The Morgan fingerprint density at radius 1 is 0.947 bits per heavy atom. The first-order valence-electron chi connectivity index (χ1n) is 6.00. The number of fused-ring (bicyclic) bond motifs is 3. The molecule has 0 aliphatic rings. The summed E-state index contributed by atoms with van der Waals surface area (Å²) in [6, 6.07) is 14.5. The second-order valence-corrected chi connectivity index (χ2v) is 5.33. The third-order valence-electron chi connectivity index (χ3n) is 3.34. The summed E-state index contributed by atoms with van der Waals surface area (Å²) < 4.78 is 0. The fourth-order valence-electron chi connectivity index (χ4n) is 2.44. The van der Waals surface area contributed by atoms with Crippen LogP contribution in [0.25, 0.3) is 33.1 Å². The standard InChI is InChI=1S/C15H10N2OS.2H2/c18-15-17-14(8-19-15)9-5-6-11-10-3-1-2-4-12(10)16-13(11)7-9;;/h1-8,16H,(H,17,18);2*1H. The highest BCUT2D eigenvalue weighted by Gasteiger charge is 2.06. The van der Waals surface area contributed by atoms with Crippen LogP contribution in [-0.4, -0.2) is 9.97 Å². The highest BCUT2D eigenvalue weighted by molar-refractivity contribution is 7.07. The first-order valence-corrected chi connectivity index (χ1v) is 6.88. The van der Waals surface area contributed by atoms with Crippen LogP contribution in [-0.2, 0) is 0 Å². The summed E-state index contributed by atoms with van der Waals surface area (Å²) in [7, 11) is 0. The van der Waals surface area contributed by atoms with Gasteiger partial charge in [-0.05, 0) is 12.1 Å². The van der Waals surface area contributed by atoms with E-state index >= 15 is 0 Å². The van der Waals surface area contributed by atoms with Gasteiger partial charge in [0, 0.05) is 35.6 Å². The SMILES string of the molecule is O=c1[nH]c(-c2ccc3c(c2)[nH]c2ccccc23)cs1.[HH].[HH]. The van der Waals surface area contributed by atoms with Gasteiger partial charge in [-0.1, -0.05) is 41.7 Å². The quantitative estimate of drug-likeness (QED) is 0.534. The summed E-state index contributed by atoms with van der Waals surface area (Å²) in [4.78, 5) is 17.4. The highest BCUT2D eigenvalue weighted by Crippen LogP contribution is 2.28. The first kappa shape index (κ1) is 10.6. The molecule has 19 heavy (non-hydrogen) atoms. The monoisotopic (exact) mass is 270 g/mol. The lowest BCUT2D eigenvalue weighted by Crippen LogP contribution is -1.92. The van der Waals surface area contributed by atoms with Crippen molar-refractivity contribution in [1.82, 2.24) is 9.97 Å². The molecule has 2 aromatic heterocycles. The van der Waals surface area contributed by atoms with E-state index in [4.69, 9.17) is 0 Å². The summed E-state index contributed by atoms with van der Waals surface area (Å²) in [6.07, 6.45) is 0. The van der Waals surface area contributed by atoms with Crippen molar-refractivity contribution in [3.05, 3.63) is 57.5 Å². The van der Waals surface area contributed by atoms with E-state index in [2.05, 4.69) is 34.2 Å². The number of hydrogen-bond donors (Lipinski definition) is 2. The van der Waals surface area contributed by atoms with Crippen molar-refractivity contribution in [2.75, 3.05) is 0 Å². The summed E-state index contributed by atoms with van der Waals surface area (Å²) >= 11 is 1.19. The molecule has 0 amide bonds. The van der Waals surface area contributed by atoms with Crippen LogP contribution in [0.1, 0.15) is 2.85 Å². The van der Waals surface area contributed by atoms with E-state index in [0.29, 0.717) is 0 Å². The maximum Gasteiger partial charge on any atom is 0.304 e. The third kappa shape index (κ3) is 1.61. The summed E-state index contributed by atoms with van der Waals surface area (Å²) in [6.45, 7) is 0. The molecule has 2 aromatic carbocycles. The Bertz CT molecular complexity index is 955. The van der Waals surface area contributed by atoms with E-state index in [1.807, 2.05) is 23.6 Å². The van der Waals surface area contributed by atoms with Crippen LogP contribution in [0.3, 0.4) is 0 Å². The maximum atomic E-state index is 11.2. The minimum Gasteiger partial charge on any atom is -0.354 e. The van der Waals surface area contributed by atoms with E-state index in [1.54, 1.807) is 0 Å². The van der Waals surface area contributed by atoms with Crippen LogP contribution in [0.2, 0.25) is 0 Å². The molecular formula is C15H14N2OS. The molecule has 2 heterocycles. The Kier molecular flexibility index (Phi) is 2.13. The average Bonchev–Trinajstić information content (AvgIpc) is 3.01. The molecule has 4 rings (SSSR count). The molecule has 96 valence electrons. The largest absolute Gasteiger partial charge is 0.354 e. The molecule has 2 N–H and O–H groups in total. The van der Waals surface area contributed by atoms with Crippen molar-refractivity contribution in [2.45, 2.75) is 0 Å². The van der Waals surface area contributed by atoms with Crippen LogP contribution < -0.4 is 4.87 Å². The Morgan fingerprint density at radius 2 is 1.79 bits per heavy atom. The Hall–Kier alpha value is -2.33. The number of rotatable bonds is 1. The van der Waals surface area contributed by atoms with Crippen molar-refractivity contribution in [3.63, 3.8) is 0 Å². The molecule has 0 bridgehead atoms. The number of nitrogens with one attached hydrogen (secondary N) is 2. The molecule has 0 radical (unpaired) electrons. The van der Waals surface area contributed by atoms with Crippen LogP contribution in [0.4, 0.5) is 0 Å². The highest BCUT2D eigenvalue weighted by atomic mass is 32.1. The lowest BCUT2D eigenvalue weighted by atomic mass is 10.1. The molecule has 0 aliphatic carbocycles. The minimum absolute atomic E-state index is 0. The predicted molar refractivity (Wildman–Crippen MR) is 84.0 cm³/mol. The number of H-pyrrole nitrogens is 2. The zero-order chi connectivity index (χ0) is 12.8. The molecule has 4 heteroatoms. The molecule has 0 atom stereocenters. The van der Waals surface area contributed by atoms with Crippen LogP contribution in [0.15, 0.2) is 52.6 Å². The van der Waals surface area contributed by atoms with Crippen molar-refractivity contribution in [2.24, 2.45) is 0 Å². The van der Waals surface area contributed by atoms with Gasteiger partial charge in [0.25, 0.3) is 0 Å². The van der Waals surface area contributed by atoms with Gasteiger partial charge < -0.3 is 9.97 Å². The molecule has 0 saturated heterocycles. The van der Waals surface area contributed by atoms with E-state index in [1.165, 1.54) is 22.1 Å². The second-order valence-electron chi connectivity index (χ2n) is 4.49.